The number of halogens is 4. The highest BCUT2D eigenvalue weighted by atomic mass is 35.5. The summed E-state index contributed by atoms with van der Waals surface area (Å²) >= 11 is 7.77. The van der Waals surface area contributed by atoms with E-state index in [0.717, 1.165) is 60.5 Å². The fraction of sp³-hybridized carbons (Fsp3) is 0.286. The summed E-state index contributed by atoms with van der Waals surface area (Å²) in [7, 11) is -0.564. The second kappa shape index (κ2) is 21.6. The minimum absolute atomic E-state index is 0. The van der Waals surface area contributed by atoms with Crippen LogP contribution in [0, 0.1) is 10.1 Å². The lowest BCUT2D eigenvalue weighted by atomic mass is 9.99. The van der Waals surface area contributed by atoms with Gasteiger partial charge in [0.1, 0.15) is 11.4 Å². The predicted octanol–water partition coefficient (Wildman–Crippen LogP) is 8.47. The first-order valence-electron chi connectivity index (χ1n) is 18.7. The molecule has 2 N–H and O–H groups in total. The highest BCUT2D eigenvalue weighted by molar-refractivity contribution is 7.99. The number of nitro groups is 1. The Morgan fingerprint density at radius 3 is 2.42 bits per heavy atom. The Kier molecular flexibility index (Phi) is 17.5. The SMILES string of the molecule is CN(C)CC[C@H](CSc1ccccc1)Nc1ccc(S(=O)(=O)NC(=O)c2cc3c(cn2)N2CCN(Cc4ccccc4-c4ccc(Cl)cc4)CC2C3)cc1[N+](=O)[O-].Cl.Cl.Cl. The summed E-state index contributed by atoms with van der Waals surface area (Å²) in [5.41, 5.74) is 5.11. The largest absolute Gasteiger partial charge is 0.376 e. The Bertz CT molecular complexity index is 2360. The van der Waals surface area contributed by atoms with Crippen LogP contribution >= 0.6 is 60.6 Å². The molecule has 1 unspecified atom stereocenters. The van der Waals surface area contributed by atoms with E-state index in [2.05, 4.69) is 43.0 Å². The van der Waals surface area contributed by atoms with Crippen LogP contribution in [-0.2, 0) is 23.0 Å². The lowest BCUT2D eigenvalue weighted by Crippen LogP contribution is -2.51. The van der Waals surface area contributed by atoms with E-state index in [1.807, 2.05) is 79.7 Å². The normalized spacial score (nSPS) is 15.1. The summed E-state index contributed by atoms with van der Waals surface area (Å²) in [4.78, 5) is 36.8. The Balaban J connectivity index is 0.00000265. The van der Waals surface area contributed by atoms with E-state index in [4.69, 9.17) is 11.6 Å². The third-order valence-electron chi connectivity index (χ3n) is 10.3. The molecule has 5 aromatic rings. The summed E-state index contributed by atoms with van der Waals surface area (Å²) in [6.45, 7) is 3.96. The Labute approximate surface area is 378 Å². The molecule has 3 heterocycles. The monoisotopic (exact) mass is 933 g/mol. The number of carbonyl (C=O) groups is 1. The molecule has 12 nitrogen and oxygen atoms in total. The van der Waals surface area contributed by atoms with Crippen LogP contribution < -0.4 is 14.9 Å². The zero-order valence-electron chi connectivity index (χ0n) is 32.9. The van der Waals surface area contributed by atoms with E-state index in [-0.39, 0.29) is 60.7 Å². The third kappa shape index (κ3) is 11.8. The lowest BCUT2D eigenvalue weighted by Gasteiger charge is -2.39. The molecule has 0 bridgehead atoms. The van der Waals surface area contributed by atoms with Crippen molar-refractivity contribution in [2.75, 3.05) is 56.2 Å². The van der Waals surface area contributed by atoms with E-state index in [9.17, 15) is 23.3 Å². The fourth-order valence-electron chi connectivity index (χ4n) is 7.38. The first-order chi connectivity index (χ1) is 27.4. The van der Waals surface area contributed by atoms with Crippen molar-refractivity contribution < 1.29 is 18.1 Å². The van der Waals surface area contributed by atoms with Gasteiger partial charge in [0.15, 0.2) is 0 Å². The molecular formula is C42H47Cl4N7O5S2. The van der Waals surface area contributed by atoms with Crippen molar-refractivity contribution in [2.45, 2.75) is 41.3 Å². The van der Waals surface area contributed by atoms with Gasteiger partial charge in [-0.3, -0.25) is 19.8 Å². The van der Waals surface area contributed by atoms with E-state index >= 15 is 0 Å². The molecule has 0 radical (unpaired) electrons. The van der Waals surface area contributed by atoms with Crippen LogP contribution in [0.15, 0.2) is 119 Å². The number of pyridine rings is 1. The van der Waals surface area contributed by atoms with Gasteiger partial charge in [0.2, 0.25) is 0 Å². The summed E-state index contributed by atoms with van der Waals surface area (Å²) in [5.74, 6) is -0.273. The van der Waals surface area contributed by atoms with Crippen molar-refractivity contribution >= 4 is 93.6 Å². The maximum atomic E-state index is 13.5. The van der Waals surface area contributed by atoms with Crippen molar-refractivity contribution in [3.8, 4) is 11.1 Å². The molecule has 1 fully saturated rings. The number of hydrogen-bond donors (Lipinski definition) is 2. The first-order valence-corrected chi connectivity index (χ1v) is 21.5. The molecule has 320 valence electrons. The van der Waals surface area contributed by atoms with Gasteiger partial charge >= 0.3 is 0 Å². The lowest BCUT2D eigenvalue weighted by molar-refractivity contribution is -0.384. The van der Waals surface area contributed by atoms with Crippen LogP contribution in [0.1, 0.15) is 28.0 Å². The number of piperazine rings is 1. The van der Waals surface area contributed by atoms with Gasteiger partial charge in [0.25, 0.3) is 21.6 Å². The van der Waals surface area contributed by atoms with Crippen LogP contribution in [0.2, 0.25) is 5.02 Å². The van der Waals surface area contributed by atoms with Gasteiger partial charge < -0.3 is 15.1 Å². The van der Waals surface area contributed by atoms with E-state index < -0.39 is 31.4 Å². The number of carbonyl (C=O) groups excluding carboxylic acids is 1. The quantitative estimate of drug-likeness (QED) is 0.0594. The summed E-state index contributed by atoms with van der Waals surface area (Å²) in [6, 6.07) is 31.4. The van der Waals surface area contributed by atoms with Gasteiger partial charge in [0, 0.05) is 60.0 Å². The molecular weight excluding hydrogens is 888 g/mol. The average molecular weight is 936 g/mol. The molecule has 1 aromatic heterocycles. The third-order valence-corrected chi connectivity index (χ3v) is 13.0. The number of fused-ring (bicyclic) bond motifs is 3. The smallest absolute Gasteiger partial charge is 0.293 e. The van der Waals surface area contributed by atoms with Crippen molar-refractivity contribution in [2.24, 2.45) is 0 Å². The highest BCUT2D eigenvalue weighted by Gasteiger charge is 2.35. The van der Waals surface area contributed by atoms with E-state index in [1.54, 1.807) is 24.0 Å². The fourth-order valence-corrected chi connectivity index (χ4v) is 9.48. The van der Waals surface area contributed by atoms with Crippen LogP contribution in [0.3, 0.4) is 0 Å². The van der Waals surface area contributed by atoms with Crippen LogP contribution in [0.25, 0.3) is 11.1 Å². The predicted molar refractivity (Wildman–Crippen MR) is 248 cm³/mol. The summed E-state index contributed by atoms with van der Waals surface area (Å²) in [5, 5.41) is 16.2. The number of benzene rings is 4. The van der Waals surface area contributed by atoms with Crippen LogP contribution in [-0.4, -0.2) is 92.1 Å². The number of anilines is 2. The number of nitrogens with zero attached hydrogens (tertiary/aromatic N) is 5. The molecule has 4 aromatic carbocycles. The van der Waals surface area contributed by atoms with Gasteiger partial charge in [-0.15, -0.1) is 49.0 Å². The maximum Gasteiger partial charge on any atom is 0.293 e. The molecule has 2 atom stereocenters. The Morgan fingerprint density at radius 1 is 0.983 bits per heavy atom. The first kappa shape index (κ1) is 48.5. The standard InChI is InChI=1S/C42H44ClN7O5S2.3ClH/c1-47(2)19-18-33(28-56-35-9-4-3-5-10-35)45-38-17-16-36(24-40(38)50(52)53)57(54,55)46-42(51)39-23-31-22-34-27-48(20-21-49(34)41(31)25-44-39)26-30-8-6-7-11-37(30)29-12-14-32(43)15-13-29;;;/h3-17,23-25,33-34,45H,18-22,26-28H2,1-2H3,(H,46,51);3*1H/t33-,34?;;;/m1.../s1. The van der Waals surface area contributed by atoms with Gasteiger partial charge in [-0.1, -0.05) is 66.2 Å². The number of amides is 1. The Morgan fingerprint density at radius 2 is 1.70 bits per heavy atom. The van der Waals surface area contributed by atoms with Crippen molar-refractivity contribution in [1.29, 1.82) is 0 Å². The molecule has 0 spiro atoms. The minimum atomic E-state index is -4.48. The molecule has 1 amide bonds. The average Bonchev–Trinajstić information content (AvgIpc) is 3.56. The van der Waals surface area contributed by atoms with Crippen molar-refractivity contribution in [1.82, 2.24) is 19.5 Å². The zero-order valence-corrected chi connectivity index (χ0v) is 37.7. The molecule has 1 saturated heterocycles. The summed E-state index contributed by atoms with van der Waals surface area (Å²) < 4.78 is 29.1. The summed E-state index contributed by atoms with van der Waals surface area (Å²) in [6.07, 6.45) is 3.01. The number of thioether (sulfide) groups is 1. The number of sulfonamides is 1. The molecule has 2 aliphatic heterocycles. The Hall–Kier alpha value is -4.12. The minimum Gasteiger partial charge on any atom is -0.376 e. The van der Waals surface area contributed by atoms with Gasteiger partial charge in [-0.25, -0.2) is 18.1 Å². The molecule has 18 heteroatoms. The maximum absolute atomic E-state index is 13.5. The molecule has 7 rings (SSSR count). The number of hydrogen-bond acceptors (Lipinski definition) is 11. The number of aromatic nitrogens is 1. The van der Waals surface area contributed by atoms with Crippen molar-refractivity contribution in [3.05, 3.63) is 141 Å². The van der Waals surface area contributed by atoms with Crippen LogP contribution in [0.4, 0.5) is 17.1 Å². The zero-order chi connectivity index (χ0) is 40.1. The topological polar surface area (TPSA) is 141 Å². The molecule has 2 aliphatic rings. The van der Waals surface area contributed by atoms with Gasteiger partial charge in [0.05, 0.1) is 21.7 Å². The van der Waals surface area contributed by atoms with E-state index in [0.29, 0.717) is 23.6 Å². The second-order valence-corrected chi connectivity index (χ2v) is 17.8. The molecule has 0 saturated carbocycles. The van der Waals surface area contributed by atoms with Crippen molar-refractivity contribution in [3.63, 3.8) is 0 Å². The molecule has 0 aliphatic carbocycles. The van der Waals surface area contributed by atoms with E-state index in [1.165, 1.54) is 23.3 Å². The number of nitro benzene ring substituents is 1. The van der Waals surface area contributed by atoms with Gasteiger partial charge in [-0.05, 0) is 98.2 Å². The van der Waals surface area contributed by atoms with Gasteiger partial charge in [-0.2, -0.15) is 0 Å². The number of nitrogens with one attached hydrogen (secondary N) is 2. The second-order valence-electron chi connectivity index (χ2n) is 14.6. The molecule has 60 heavy (non-hydrogen) atoms. The highest BCUT2D eigenvalue weighted by Crippen LogP contribution is 2.36. The van der Waals surface area contributed by atoms with Crippen LogP contribution in [0.5, 0.6) is 0 Å². The number of rotatable bonds is 15.